The van der Waals surface area contributed by atoms with E-state index in [2.05, 4.69) is 4.98 Å². The van der Waals surface area contributed by atoms with Crippen LogP contribution in [-0.4, -0.2) is 11.5 Å². The number of halogens is 1. The summed E-state index contributed by atoms with van der Waals surface area (Å²) in [5.74, 6) is -0.183. The van der Waals surface area contributed by atoms with Gasteiger partial charge in [-0.15, -0.1) is 0 Å². The fourth-order valence-corrected chi connectivity index (χ4v) is 1.07. The molecule has 0 saturated carbocycles. The van der Waals surface area contributed by atoms with E-state index in [4.69, 9.17) is 5.73 Å². The molecule has 0 spiro atoms. The van der Waals surface area contributed by atoms with Crippen LogP contribution in [0.4, 0.5) is 4.39 Å². The Morgan fingerprint density at radius 1 is 1.58 bits per heavy atom. The summed E-state index contributed by atoms with van der Waals surface area (Å²) in [7, 11) is 0. The second kappa shape index (κ2) is 4.16. The Bertz CT molecular complexity index is 261. The molecule has 1 rings (SSSR count). The maximum Gasteiger partial charge on any atom is 0.129 e. The lowest BCUT2D eigenvalue weighted by atomic mass is 10.1. The van der Waals surface area contributed by atoms with Gasteiger partial charge < -0.3 is 5.73 Å². The Morgan fingerprint density at radius 2 is 2.33 bits per heavy atom. The van der Waals surface area contributed by atoms with Crippen LogP contribution in [0.3, 0.4) is 0 Å². The van der Waals surface area contributed by atoms with Crippen molar-refractivity contribution in [1.82, 2.24) is 4.98 Å². The molecule has 1 heterocycles. The van der Waals surface area contributed by atoms with Gasteiger partial charge in [0.2, 0.25) is 0 Å². The smallest absolute Gasteiger partial charge is 0.129 e. The number of nitrogens with zero attached hydrogens (tertiary/aromatic N) is 1. The van der Waals surface area contributed by atoms with Crippen molar-refractivity contribution in [2.24, 2.45) is 5.73 Å². The van der Waals surface area contributed by atoms with E-state index in [1.54, 1.807) is 6.92 Å². The summed E-state index contributed by atoms with van der Waals surface area (Å²) in [6.07, 6.45) is 3.12. The number of hydrogen-bond acceptors (Lipinski definition) is 2. The van der Waals surface area contributed by atoms with Crippen LogP contribution in [0.1, 0.15) is 17.7 Å². The van der Waals surface area contributed by atoms with Crippen molar-refractivity contribution < 1.29 is 4.39 Å². The average molecular weight is 168 g/mol. The zero-order valence-electron chi connectivity index (χ0n) is 7.18. The van der Waals surface area contributed by atoms with E-state index in [-0.39, 0.29) is 5.82 Å². The second-order valence-corrected chi connectivity index (χ2v) is 2.76. The highest BCUT2D eigenvalue weighted by molar-refractivity contribution is 5.19. The van der Waals surface area contributed by atoms with Gasteiger partial charge >= 0.3 is 0 Å². The Labute approximate surface area is 71.6 Å². The maximum absolute atomic E-state index is 12.9. The summed E-state index contributed by atoms with van der Waals surface area (Å²) in [5.41, 5.74) is 6.81. The summed E-state index contributed by atoms with van der Waals surface area (Å²) in [5, 5.41) is 0. The molecule has 2 nitrogen and oxygen atoms in total. The molecule has 1 aromatic heterocycles. The van der Waals surface area contributed by atoms with E-state index in [0.717, 1.165) is 18.5 Å². The number of nitrogens with two attached hydrogens (primary N) is 1. The molecule has 0 aliphatic rings. The Balaban J connectivity index is 2.78. The highest BCUT2D eigenvalue weighted by Crippen LogP contribution is 2.10. The number of hydrogen-bond donors (Lipinski definition) is 1. The molecule has 0 aliphatic carbocycles. The van der Waals surface area contributed by atoms with Crippen LogP contribution in [0.15, 0.2) is 12.3 Å². The molecular weight excluding hydrogens is 155 g/mol. The Morgan fingerprint density at radius 3 is 3.00 bits per heavy atom. The van der Waals surface area contributed by atoms with E-state index < -0.39 is 0 Å². The average Bonchev–Trinajstić information content (AvgIpc) is 2.08. The molecule has 0 bridgehead atoms. The summed E-state index contributed by atoms with van der Waals surface area (Å²) in [4.78, 5) is 4.08. The van der Waals surface area contributed by atoms with Gasteiger partial charge in [-0.25, -0.2) is 4.39 Å². The Kier molecular flexibility index (Phi) is 3.17. The molecule has 0 fully saturated rings. The first-order valence-corrected chi connectivity index (χ1v) is 4.05. The number of aryl methyl sites for hydroxylation is 1. The monoisotopic (exact) mass is 168 g/mol. The quantitative estimate of drug-likeness (QED) is 0.741. The van der Waals surface area contributed by atoms with Gasteiger partial charge in [0.15, 0.2) is 0 Å². The third-order valence-electron chi connectivity index (χ3n) is 1.86. The van der Waals surface area contributed by atoms with Gasteiger partial charge in [0, 0.05) is 17.5 Å². The van der Waals surface area contributed by atoms with Gasteiger partial charge in [-0.1, -0.05) is 0 Å². The molecule has 1 aromatic rings. The summed E-state index contributed by atoms with van der Waals surface area (Å²) < 4.78 is 12.9. The van der Waals surface area contributed by atoms with Crippen molar-refractivity contribution in [2.75, 3.05) is 6.54 Å². The van der Waals surface area contributed by atoms with E-state index in [0.29, 0.717) is 12.1 Å². The normalized spacial score (nSPS) is 10.2. The molecule has 0 unspecified atom stereocenters. The minimum absolute atomic E-state index is 0.183. The molecular formula is C9H13FN2. The van der Waals surface area contributed by atoms with Crippen LogP contribution in [0, 0.1) is 12.7 Å². The number of pyridine rings is 1. The highest BCUT2D eigenvalue weighted by atomic mass is 19.1. The summed E-state index contributed by atoms with van der Waals surface area (Å²) >= 11 is 0. The third kappa shape index (κ3) is 2.01. The van der Waals surface area contributed by atoms with Gasteiger partial charge in [0.1, 0.15) is 5.82 Å². The SMILES string of the molecule is Cc1c(F)ccnc1CCCN. The molecule has 0 aliphatic heterocycles. The van der Waals surface area contributed by atoms with Crippen molar-refractivity contribution in [3.05, 3.63) is 29.3 Å². The van der Waals surface area contributed by atoms with Crippen molar-refractivity contribution in [3.8, 4) is 0 Å². The first-order chi connectivity index (χ1) is 5.75. The van der Waals surface area contributed by atoms with Gasteiger partial charge in [0.25, 0.3) is 0 Å². The molecule has 2 N–H and O–H groups in total. The molecule has 3 heteroatoms. The van der Waals surface area contributed by atoms with Gasteiger partial charge in [-0.05, 0) is 32.4 Å². The molecule has 0 saturated heterocycles. The topological polar surface area (TPSA) is 38.9 Å². The fourth-order valence-electron chi connectivity index (χ4n) is 1.07. The lowest BCUT2D eigenvalue weighted by Gasteiger charge is -2.03. The van der Waals surface area contributed by atoms with Crippen LogP contribution in [0.5, 0.6) is 0 Å². The number of rotatable bonds is 3. The van der Waals surface area contributed by atoms with Crippen molar-refractivity contribution in [1.29, 1.82) is 0 Å². The minimum atomic E-state index is -0.183. The van der Waals surface area contributed by atoms with Crippen LogP contribution < -0.4 is 5.73 Å². The molecule has 12 heavy (non-hydrogen) atoms. The Hall–Kier alpha value is -0.960. The van der Waals surface area contributed by atoms with Crippen molar-refractivity contribution in [2.45, 2.75) is 19.8 Å². The lowest BCUT2D eigenvalue weighted by molar-refractivity contribution is 0.609. The fraction of sp³-hybridized carbons (Fsp3) is 0.444. The maximum atomic E-state index is 12.9. The van der Waals surface area contributed by atoms with Gasteiger partial charge in [-0.3, -0.25) is 4.98 Å². The summed E-state index contributed by atoms with van der Waals surface area (Å²) in [6.45, 7) is 2.37. The van der Waals surface area contributed by atoms with Crippen LogP contribution in [0.25, 0.3) is 0 Å². The van der Waals surface area contributed by atoms with Crippen molar-refractivity contribution >= 4 is 0 Å². The van der Waals surface area contributed by atoms with Gasteiger partial charge in [0.05, 0.1) is 0 Å². The van der Waals surface area contributed by atoms with E-state index in [1.165, 1.54) is 12.3 Å². The zero-order chi connectivity index (χ0) is 8.97. The third-order valence-corrected chi connectivity index (χ3v) is 1.86. The first-order valence-electron chi connectivity index (χ1n) is 4.05. The van der Waals surface area contributed by atoms with Crippen molar-refractivity contribution in [3.63, 3.8) is 0 Å². The highest BCUT2D eigenvalue weighted by Gasteiger charge is 2.03. The molecule has 0 aromatic carbocycles. The predicted octanol–water partition coefficient (Wildman–Crippen LogP) is 1.42. The van der Waals surface area contributed by atoms with Crippen LogP contribution in [-0.2, 0) is 6.42 Å². The second-order valence-electron chi connectivity index (χ2n) is 2.76. The number of aromatic nitrogens is 1. The first kappa shape index (κ1) is 9.13. The lowest BCUT2D eigenvalue weighted by Crippen LogP contribution is -2.03. The molecule has 0 atom stereocenters. The summed E-state index contributed by atoms with van der Waals surface area (Å²) in [6, 6.07) is 1.38. The molecule has 66 valence electrons. The van der Waals surface area contributed by atoms with Gasteiger partial charge in [-0.2, -0.15) is 0 Å². The van der Waals surface area contributed by atoms with Crippen LogP contribution in [0.2, 0.25) is 0 Å². The minimum Gasteiger partial charge on any atom is -0.330 e. The van der Waals surface area contributed by atoms with Crippen LogP contribution >= 0.6 is 0 Å². The molecule has 0 amide bonds. The standard InChI is InChI=1S/C9H13FN2/c1-7-8(10)4-6-12-9(7)3-2-5-11/h4,6H,2-3,5,11H2,1H3. The predicted molar refractivity (Wildman–Crippen MR) is 46.3 cm³/mol. The zero-order valence-corrected chi connectivity index (χ0v) is 7.18. The van der Waals surface area contributed by atoms with E-state index in [9.17, 15) is 4.39 Å². The van der Waals surface area contributed by atoms with E-state index >= 15 is 0 Å². The largest absolute Gasteiger partial charge is 0.330 e. The van der Waals surface area contributed by atoms with E-state index in [1.807, 2.05) is 0 Å². The molecule has 0 radical (unpaired) electrons.